The van der Waals surface area contributed by atoms with Crippen LogP contribution in [0.15, 0.2) is 60.7 Å². The second kappa shape index (κ2) is 8.57. The molecule has 1 saturated heterocycles. The number of sulfone groups is 1. The highest BCUT2D eigenvalue weighted by Gasteiger charge is 2.47. The third-order valence-corrected chi connectivity index (χ3v) is 8.45. The Morgan fingerprint density at radius 3 is 1.81 bits per heavy atom. The Morgan fingerprint density at radius 2 is 1.37 bits per heavy atom. The summed E-state index contributed by atoms with van der Waals surface area (Å²) >= 11 is 0. The summed E-state index contributed by atoms with van der Waals surface area (Å²) in [5, 5.41) is 0. The number of piperidine rings is 1. The molecule has 3 rings (SSSR count). The second-order valence-electron chi connectivity index (χ2n) is 7.61. The third kappa shape index (κ3) is 3.97. The number of hydrogen-bond acceptors (Lipinski definition) is 3. The molecule has 0 aliphatic carbocycles. The molecule has 0 bridgehead atoms. The molecule has 2 aromatic rings. The van der Waals surface area contributed by atoms with Crippen molar-refractivity contribution in [1.82, 2.24) is 4.90 Å². The Morgan fingerprint density at radius 1 is 0.889 bits per heavy atom. The van der Waals surface area contributed by atoms with Crippen LogP contribution in [0.1, 0.15) is 50.7 Å². The Kier molecular flexibility index (Phi) is 6.38. The van der Waals surface area contributed by atoms with Gasteiger partial charge in [-0.3, -0.25) is 0 Å². The number of likely N-dealkylation sites (tertiary alicyclic amines) is 1. The van der Waals surface area contributed by atoms with Crippen molar-refractivity contribution >= 4 is 9.84 Å². The number of nitrogens with zero attached hydrogens (tertiary/aromatic N) is 1. The Balaban J connectivity index is 2.14. The van der Waals surface area contributed by atoms with E-state index < -0.39 is 14.6 Å². The minimum absolute atomic E-state index is 0.128. The minimum atomic E-state index is -3.39. The molecule has 1 aliphatic rings. The van der Waals surface area contributed by atoms with Gasteiger partial charge in [0.05, 0.1) is 0 Å². The predicted octanol–water partition coefficient (Wildman–Crippen LogP) is 4.63. The van der Waals surface area contributed by atoms with E-state index in [0.29, 0.717) is 6.42 Å². The van der Waals surface area contributed by atoms with E-state index in [9.17, 15) is 8.42 Å². The molecule has 2 aromatic carbocycles. The molecule has 1 unspecified atom stereocenters. The molecule has 146 valence electrons. The van der Waals surface area contributed by atoms with Crippen LogP contribution in [0.5, 0.6) is 0 Å². The van der Waals surface area contributed by atoms with Gasteiger partial charge in [0.2, 0.25) is 0 Å². The normalized spacial score (nSPS) is 17.6. The smallest absolute Gasteiger partial charge is 0.164 e. The zero-order valence-electron chi connectivity index (χ0n) is 16.5. The van der Waals surface area contributed by atoms with Crippen LogP contribution in [0.4, 0.5) is 0 Å². The van der Waals surface area contributed by atoms with E-state index in [-0.39, 0.29) is 11.8 Å². The van der Waals surface area contributed by atoms with Gasteiger partial charge in [-0.15, -0.1) is 0 Å². The number of rotatable bonds is 7. The average molecular weight is 386 g/mol. The molecule has 3 nitrogen and oxygen atoms in total. The van der Waals surface area contributed by atoms with Crippen molar-refractivity contribution in [2.75, 3.05) is 18.8 Å². The summed E-state index contributed by atoms with van der Waals surface area (Å²) in [4.78, 5) is 2.47. The Labute approximate surface area is 164 Å². The van der Waals surface area contributed by atoms with Gasteiger partial charge in [0, 0.05) is 11.8 Å². The van der Waals surface area contributed by atoms with Crippen LogP contribution in [0.2, 0.25) is 0 Å². The lowest BCUT2D eigenvalue weighted by Crippen LogP contribution is -2.46. The molecule has 4 heteroatoms. The maximum Gasteiger partial charge on any atom is 0.164 e. The van der Waals surface area contributed by atoms with Gasteiger partial charge in [0.1, 0.15) is 4.75 Å². The second-order valence-corrected chi connectivity index (χ2v) is 10.1. The zero-order valence-corrected chi connectivity index (χ0v) is 17.3. The molecule has 0 amide bonds. The summed E-state index contributed by atoms with van der Waals surface area (Å²) in [5.74, 6) is 0.128. The number of benzene rings is 2. The first kappa shape index (κ1) is 20.1. The van der Waals surface area contributed by atoms with Crippen molar-refractivity contribution < 1.29 is 8.42 Å². The first-order valence-electron chi connectivity index (χ1n) is 10.1. The molecular formula is C23H31NO2S. The molecule has 0 radical (unpaired) electrons. The maximum atomic E-state index is 13.6. The summed E-state index contributed by atoms with van der Waals surface area (Å²) in [6.45, 7) is 6.08. The van der Waals surface area contributed by atoms with Crippen molar-refractivity contribution in [3.63, 3.8) is 0 Å². The highest BCUT2D eigenvalue weighted by molar-refractivity contribution is 7.92. The molecule has 0 aromatic heterocycles. The van der Waals surface area contributed by atoms with Crippen LogP contribution >= 0.6 is 0 Å². The summed E-state index contributed by atoms with van der Waals surface area (Å²) < 4.78 is 26.2. The highest BCUT2D eigenvalue weighted by atomic mass is 32.2. The van der Waals surface area contributed by atoms with Gasteiger partial charge in [-0.1, -0.05) is 74.0 Å². The first-order chi connectivity index (χ1) is 13.0. The quantitative estimate of drug-likeness (QED) is 0.697. The van der Waals surface area contributed by atoms with E-state index in [4.69, 9.17) is 0 Å². The van der Waals surface area contributed by atoms with Gasteiger partial charge < -0.3 is 4.90 Å². The van der Waals surface area contributed by atoms with Crippen LogP contribution in [0, 0.1) is 0 Å². The third-order valence-electron chi connectivity index (χ3n) is 5.99. The molecular weight excluding hydrogens is 354 g/mol. The molecule has 27 heavy (non-hydrogen) atoms. The van der Waals surface area contributed by atoms with Crippen molar-refractivity contribution in [3.05, 3.63) is 71.8 Å². The molecule has 1 aliphatic heterocycles. The van der Waals surface area contributed by atoms with Crippen molar-refractivity contribution in [3.8, 4) is 0 Å². The van der Waals surface area contributed by atoms with Gasteiger partial charge in [-0.25, -0.2) is 8.42 Å². The average Bonchev–Trinajstić information content (AvgIpc) is 2.73. The van der Waals surface area contributed by atoms with Crippen LogP contribution in [0.25, 0.3) is 0 Å². The molecule has 0 N–H and O–H groups in total. The topological polar surface area (TPSA) is 37.4 Å². The lowest BCUT2D eigenvalue weighted by atomic mass is 9.84. The zero-order chi connectivity index (χ0) is 19.3. The van der Waals surface area contributed by atoms with E-state index in [1.165, 1.54) is 19.3 Å². The maximum absolute atomic E-state index is 13.6. The Hall–Kier alpha value is -1.65. The SMILES string of the molecule is CCS(=O)(=O)C(CC(C)N1CCCCC1)(c1ccccc1)c1ccccc1. The highest BCUT2D eigenvalue weighted by Crippen LogP contribution is 2.43. The summed E-state index contributed by atoms with van der Waals surface area (Å²) in [5.41, 5.74) is 1.75. The summed E-state index contributed by atoms with van der Waals surface area (Å²) in [7, 11) is -3.39. The molecule has 1 fully saturated rings. The van der Waals surface area contributed by atoms with Gasteiger partial charge in [0.15, 0.2) is 9.84 Å². The van der Waals surface area contributed by atoms with E-state index in [1.54, 1.807) is 6.92 Å². The predicted molar refractivity (Wildman–Crippen MR) is 113 cm³/mol. The summed E-state index contributed by atoms with van der Waals surface area (Å²) in [6.07, 6.45) is 4.26. The lowest BCUT2D eigenvalue weighted by Gasteiger charge is -2.41. The van der Waals surface area contributed by atoms with Crippen LogP contribution in [-0.4, -0.2) is 38.2 Å². The van der Waals surface area contributed by atoms with Gasteiger partial charge in [-0.05, 0) is 50.4 Å². The largest absolute Gasteiger partial charge is 0.301 e. The standard InChI is InChI=1S/C23H31NO2S/c1-3-27(25,26)23(21-13-7-4-8-14-21,22-15-9-5-10-16-22)19-20(2)24-17-11-6-12-18-24/h4-5,7-10,13-16,20H,3,6,11-12,17-19H2,1-2H3. The molecule has 0 spiro atoms. The first-order valence-corrected chi connectivity index (χ1v) is 11.7. The molecule has 1 heterocycles. The van der Waals surface area contributed by atoms with Crippen molar-refractivity contribution in [2.24, 2.45) is 0 Å². The van der Waals surface area contributed by atoms with Crippen LogP contribution < -0.4 is 0 Å². The monoisotopic (exact) mass is 385 g/mol. The van der Waals surface area contributed by atoms with Crippen LogP contribution in [-0.2, 0) is 14.6 Å². The number of hydrogen-bond donors (Lipinski definition) is 0. The van der Waals surface area contributed by atoms with E-state index >= 15 is 0 Å². The van der Waals surface area contributed by atoms with Crippen LogP contribution in [0.3, 0.4) is 0 Å². The van der Waals surface area contributed by atoms with Gasteiger partial charge in [0.25, 0.3) is 0 Å². The fraction of sp³-hybridized carbons (Fsp3) is 0.478. The minimum Gasteiger partial charge on any atom is -0.301 e. The van der Waals surface area contributed by atoms with Crippen molar-refractivity contribution in [2.45, 2.75) is 50.3 Å². The lowest BCUT2D eigenvalue weighted by molar-refractivity contribution is 0.159. The summed E-state index contributed by atoms with van der Waals surface area (Å²) in [6, 6.07) is 19.8. The van der Waals surface area contributed by atoms with E-state index in [0.717, 1.165) is 24.2 Å². The fourth-order valence-electron chi connectivity index (χ4n) is 4.45. The van der Waals surface area contributed by atoms with E-state index in [1.807, 2.05) is 60.7 Å². The fourth-order valence-corrected chi connectivity index (χ4v) is 6.43. The molecule has 0 saturated carbocycles. The van der Waals surface area contributed by atoms with Gasteiger partial charge in [-0.2, -0.15) is 0 Å². The molecule has 1 atom stereocenters. The Bertz CT molecular complexity index is 772. The van der Waals surface area contributed by atoms with Gasteiger partial charge >= 0.3 is 0 Å². The van der Waals surface area contributed by atoms with Crippen molar-refractivity contribution in [1.29, 1.82) is 0 Å². The van der Waals surface area contributed by atoms with E-state index in [2.05, 4.69) is 11.8 Å².